The van der Waals surface area contributed by atoms with Gasteiger partial charge in [-0.05, 0) is 55.7 Å². The smallest absolute Gasteiger partial charge is 0.228 e. The average Bonchev–Trinajstić information content (AvgIpc) is 3.32. The fourth-order valence-corrected chi connectivity index (χ4v) is 3.80. The number of amides is 2. The highest BCUT2D eigenvalue weighted by molar-refractivity contribution is 5.92. The fraction of sp³-hybridized carbons (Fsp3) is 0.320. The first-order valence-corrected chi connectivity index (χ1v) is 10.8. The van der Waals surface area contributed by atoms with E-state index < -0.39 is 0 Å². The number of anilines is 1. The summed E-state index contributed by atoms with van der Waals surface area (Å²) in [6.07, 6.45) is 1.80. The number of carbonyl (C=O) groups is 2. The minimum absolute atomic E-state index is 0.0937. The van der Waals surface area contributed by atoms with Gasteiger partial charge in [0, 0.05) is 25.2 Å². The topological polar surface area (TPSA) is 84.7 Å². The molecule has 7 heteroatoms. The van der Waals surface area contributed by atoms with Crippen molar-refractivity contribution in [1.29, 1.82) is 0 Å². The van der Waals surface area contributed by atoms with Crippen molar-refractivity contribution in [2.75, 3.05) is 11.9 Å². The van der Waals surface area contributed by atoms with Gasteiger partial charge in [0.1, 0.15) is 18.1 Å². The van der Waals surface area contributed by atoms with Gasteiger partial charge in [-0.1, -0.05) is 29.4 Å². The molecular weight excluding hydrogens is 406 g/mol. The maximum atomic E-state index is 12.5. The molecule has 0 bridgehead atoms. The Morgan fingerprint density at radius 2 is 1.97 bits per heavy atom. The van der Waals surface area contributed by atoms with Gasteiger partial charge in [-0.25, -0.2) is 0 Å². The molecule has 1 aliphatic heterocycles. The second-order valence-electron chi connectivity index (χ2n) is 8.08. The third-order valence-electron chi connectivity index (χ3n) is 5.61. The lowest BCUT2D eigenvalue weighted by Crippen LogP contribution is -2.23. The molecule has 1 N–H and O–H groups in total. The number of nitrogens with one attached hydrogen (secondary N) is 1. The molecule has 1 aromatic heterocycles. The predicted molar refractivity (Wildman–Crippen MR) is 120 cm³/mol. The largest absolute Gasteiger partial charge is 0.489 e. The number of carbonyl (C=O) groups excluding carboxylic acids is 2. The molecule has 0 spiro atoms. The lowest BCUT2D eigenvalue weighted by Gasteiger charge is -2.16. The quantitative estimate of drug-likeness (QED) is 0.576. The van der Waals surface area contributed by atoms with E-state index in [0.717, 1.165) is 52.5 Å². The maximum Gasteiger partial charge on any atom is 0.228 e. The van der Waals surface area contributed by atoms with E-state index >= 15 is 0 Å². The normalized spacial score (nSPS) is 13.4. The number of aromatic nitrogens is 1. The lowest BCUT2D eigenvalue weighted by atomic mass is 10.1. The zero-order chi connectivity index (χ0) is 22.5. The number of aryl methyl sites for hydroxylation is 2. The summed E-state index contributed by atoms with van der Waals surface area (Å²) in [5.74, 6) is 1.58. The highest BCUT2D eigenvalue weighted by atomic mass is 16.5. The molecule has 166 valence electrons. The molecule has 0 saturated carbocycles. The first-order valence-electron chi connectivity index (χ1n) is 10.8. The minimum Gasteiger partial charge on any atom is -0.489 e. The summed E-state index contributed by atoms with van der Waals surface area (Å²) in [5.41, 5.74) is 4.42. The molecule has 32 heavy (non-hydrogen) atoms. The standard InChI is InChI=1S/C25H27N3O4/c1-17-23(18(2)32-27-17)16-31-22-10-8-19(9-11-22)14-24(29)26-21-6-3-5-20(13-21)15-28-12-4-7-25(28)30/h3,5-6,8-11,13H,4,7,12,14-16H2,1-2H3,(H,26,29). The molecule has 1 fully saturated rings. The number of benzene rings is 2. The molecule has 0 unspecified atom stereocenters. The van der Waals surface area contributed by atoms with E-state index in [1.807, 2.05) is 67.3 Å². The van der Waals surface area contributed by atoms with Crippen LogP contribution in [0.4, 0.5) is 5.69 Å². The summed E-state index contributed by atoms with van der Waals surface area (Å²) in [7, 11) is 0. The van der Waals surface area contributed by atoms with Gasteiger partial charge in [0.2, 0.25) is 11.8 Å². The monoisotopic (exact) mass is 433 g/mol. The van der Waals surface area contributed by atoms with Gasteiger partial charge in [0.05, 0.1) is 17.7 Å². The Morgan fingerprint density at radius 3 is 2.66 bits per heavy atom. The second kappa shape index (κ2) is 9.68. The van der Waals surface area contributed by atoms with Crippen molar-refractivity contribution in [1.82, 2.24) is 10.1 Å². The van der Waals surface area contributed by atoms with Crippen molar-refractivity contribution < 1.29 is 18.8 Å². The molecular formula is C25H27N3O4. The second-order valence-corrected chi connectivity index (χ2v) is 8.08. The Balaban J connectivity index is 1.29. The van der Waals surface area contributed by atoms with Crippen LogP contribution in [-0.2, 0) is 29.2 Å². The minimum atomic E-state index is -0.0937. The summed E-state index contributed by atoms with van der Waals surface area (Å²) in [5, 5.41) is 6.87. The van der Waals surface area contributed by atoms with E-state index in [1.165, 1.54) is 0 Å². The van der Waals surface area contributed by atoms with E-state index in [2.05, 4.69) is 10.5 Å². The summed E-state index contributed by atoms with van der Waals surface area (Å²) < 4.78 is 11.0. The number of ether oxygens (including phenoxy) is 1. The van der Waals surface area contributed by atoms with Crippen molar-refractivity contribution in [3.05, 3.63) is 76.7 Å². The third kappa shape index (κ3) is 5.35. The van der Waals surface area contributed by atoms with Crippen LogP contribution in [0.25, 0.3) is 0 Å². The molecule has 4 rings (SSSR count). The summed E-state index contributed by atoms with van der Waals surface area (Å²) in [6.45, 7) is 5.52. The Morgan fingerprint density at radius 1 is 1.16 bits per heavy atom. The van der Waals surface area contributed by atoms with E-state index in [9.17, 15) is 9.59 Å². The van der Waals surface area contributed by atoms with E-state index in [-0.39, 0.29) is 18.2 Å². The van der Waals surface area contributed by atoms with Gasteiger partial charge in [-0.15, -0.1) is 0 Å². The number of likely N-dealkylation sites (tertiary alicyclic amines) is 1. The summed E-state index contributed by atoms with van der Waals surface area (Å²) in [4.78, 5) is 26.2. The Hall–Kier alpha value is -3.61. The Bertz CT molecular complexity index is 1090. The first-order chi connectivity index (χ1) is 15.5. The van der Waals surface area contributed by atoms with Gasteiger partial charge in [0.25, 0.3) is 0 Å². The van der Waals surface area contributed by atoms with E-state index in [0.29, 0.717) is 19.6 Å². The van der Waals surface area contributed by atoms with Crippen LogP contribution in [0, 0.1) is 13.8 Å². The first kappa shape index (κ1) is 21.6. The zero-order valence-electron chi connectivity index (χ0n) is 18.4. The number of rotatable bonds is 8. The van der Waals surface area contributed by atoms with Crippen LogP contribution < -0.4 is 10.1 Å². The van der Waals surface area contributed by atoms with Crippen molar-refractivity contribution in [3.63, 3.8) is 0 Å². The summed E-state index contributed by atoms with van der Waals surface area (Å²) in [6, 6.07) is 15.1. The van der Waals surface area contributed by atoms with Crippen molar-refractivity contribution >= 4 is 17.5 Å². The van der Waals surface area contributed by atoms with Crippen LogP contribution >= 0.6 is 0 Å². The third-order valence-corrected chi connectivity index (χ3v) is 5.61. The molecule has 3 aromatic rings. The lowest BCUT2D eigenvalue weighted by molar-refractivity contribution is -0.128. The average molecular weight is 434 g/mol. The number of hydrogen-bond donors (Lipinski definition) is 1. The maximum absolute atomic E-state index is 12.5. The van der Waals surface area contributed by atoms with Gasteiger partial charge >= 0.3 is 0 Å². The molecule has 2 aromatic carbocycles. The Kier molecular flexibility index (Phi) is 6.54. The molecule has 1 aliphatic rings. The predicted octanol–water partition coefficient (Wildman–Crippen LogP) is 4.17. The van der Waals surface area contributed by atoms with Crippen molar-refractivity contribution in [2.24, 2.45) is 0 Å². The van der Waals surface area contributed by atoms with Crippen LogP contribution in [0.2, 0.25) is 0 Å². The molecule has 0 atom stereocenters. The number of hydrogen-bond acceptors (Lipinski definition) is 5. The van der Waals surface area contributed by atoms with E-state index in [1.54, 1.807) is 0 Å². The molecule has 2 heterocycles. The van der Waals surface area contributed by atoms with Crippen molar-refractivity contribution in [3.8, 4) is 5.75 Å². The van der Waals surface area contributed by atoms with Gasteiger partial charge in [0.15, 0.2) is 0 Å². The van der Waals surface area contributed by atoms with Crippen LogP contribution in [0.15, 0.2) is 53.1 Å². The fourth-order valence-electron chi connectivity index (χ4n) is 3.80. The van der Waals surface area contributed by atoms with Gasteiger partial charge in [-0.3, -0.25) is 9.59 Å². The van der Waals surface area contributed by atoms with Crippen LogP contribution in [0.3, 0.4) is 0 Å². The zero-order valence-corrected chi connectivity index (χ0v) is 18.4. The SMILES string of the molecule is Cc1noc(C)c1COc1ccc(CC(=O)Nc2cccc(CN3CCCC3=O)c2)cc1. The van der Waals surface area contributed by atoms with Crippen LogP contribution in [-0.4, -0.2) is 28.4 Å². The molecule has 1 saturated heterocycles. The molecule has 2 amide bonds. The van der Waals surface area contributed by atoms with Crippen LogP contribution in [0.5, 0.6) is 5.75 Å². The van der Waals surface area contributed by atoms with Gasteiger partial charge < -0.3 is 19.5 Å². The van der Waals surface area contributed by atoms with Crippen LogP contribution in [0.1, 0.15) is 41.0 Å². The highest BCUT2D eigenvalue weighted by Gasteiger charge is 2.20. The van der Waals surface area contributed by atoms with Gasteiger partial charge in [-0.2, -0.15) is 0 Å². The highest BCUT2D eigenvalue weighted by Crippen LogP contribution is 2.19. The molecule has 7 nitrogen and oxygen atoms in total. The summed E-state index contributed by atoms with van der Waals surface area (Å²) >= 11 is 0. The molecule has 0 radical (unpaired) electrons. The number of nitrogens with zero attached hydrogens (tertiary/aromatic N) is 2. The van der Waals surface area contributed by atoms with Crippen molar-refractivity contribution in [2.45, 2.75) is 46.3 Å². The molecule has 0 aliphatic carbocycles. The Labute approximate surface area is 187 Å². The van der Waals surface area contributed by atoms with E-state index in [4.69, 9.17) is 9.26 Å².